The van der Waals surface area contributed by atoms with Crippen molar-refractivity contribution in [1.29, 1.82) is 0 Å². The second-order valence-electron chi connectivity index (χ2n) is 3.36. The number of benzene rings is 2. The van der Waals surface area contributed by atoms with E-state index in [-0.39, 0.29) is 0 Å². The number of aryl methyl sites for hydroxylation is 1. The van der Waals surface area contributed by atoms with Gasteiger partial charge in [0.05, 0.1) is 0 Å². The molecule has 0 fully saturated rings. The zero-order chi connectivity index (χ0) is 11.8. The minimum Gasteiger partial charge on any atom is -0.508 e. The first-order valence-corrected chi connectivity index (χ1v) is 4.98. The molecular formula is C14H14O2. The van der Waals surface area contributed by atoms with Gasteiger partial charge < -0.3 is 5.11 Å². The summed E-state index contributed by atoms with van der Waals surface area (Å²) in [5.41, 5.74) is 1.92. The lowest BCUT2D eigenvalue weighted by molar-refractivity contribution is 0.112. The van der Waals surface area contributed by atoms with Gasteiger partial charge in [0.15, 0.2) is 0 Å². The maximum atomic E-state index is 10.1. The van der Waals surface area contributed by atoms with Crippen LogP contribution in [0.5, 0.6) is 5.75 Å². The molecule has 0 amide bonds. The highest BCUT2D eigenvalue weighted by Crippen LogP contribution is 2.02. The summed E-state index contributed by atoms with van der Waals surface area (Å²) < 4.78 is 0. The Morgan fingerprint density at radius 2 is 1.50 bits per heavy atom. The van der Waals surface area contributed by atoms with Crippen LogP contribution in [0.2, 0.25) is 0 Å². The van der Waals surface area contributed by atoms with Crippen LogP contribution in [0.15, 0.2) is 54.6 Å². The molecule has 0 saturated heterocycles. The third-order valence-electron chi connectivity index (χ3n) is 1.97. The Morgan fingerprint density at radius 1 is 0.938 bits per heavy atom. The monoisotopic (exact) mass is 214 g/mol. The zero-order valence-corrected chi connectivity index (χ0v) is 9.13. The van der Waals surface area contributed by atoms with Crippen molar-refractivity contribution >= 4 is 6.29 Å². The minimum absolute atomic E-state index is 0.322. The van der Waals surface area contributed by atoms with E-state index in [1.54, 1.807) is 24.3 Å². The Balaban J connectivity index is 0.000000165. The number of carbonyl (C=O) groups excluding carboxylic acids is 1. The number of phenols is 1. The molecule has 0 unspecified atom stereocenters. The Bertz CT molecular complexity index is 418. The second kappa shape index (κ2) is 6.40. The van der Waals surface area contributed by atoms with Crippen molar-refractivity contribution in [2.45, 2.75) is 6.92 Å². The van der Waals surface area contributed by atoms with Gasteiger partial charge in [0, 0.05) is 5.56 Å². The van der Waals surface area contributed by atoms with Gasteiger partial charge in [0.2, 0.25) is 0 Å². The second-order valence-corrected chi connectivity index (χ2v) is 3.36. The number of aldehydes is 1. The maximum absolute atomic E-state index is 10.1. The molecule has 0 heterocycles. The Kier molecular flexibility index (Phi) is 4.80. The van der Waals surface area contributed by atoms with Gasteiger partial charge in [-0.3, -0.25) is 4.79 Å². The normalized spacial score (nSPS) is 8.81. The average molecular weight is 214 g/mol. The molecule has 2 rings (SSSR count). The highest BCUT2D eigenvalue weighted by atomic mass is 16.3. The molecule has 0 aliphatic heterocycles. The fourth-order valence-corrected chi connectivity index (χ4v) is 1.07. The number of hydrogen-bond acceptors (Lipinski definition) is 2. The summed E-state index contributed by atoms with van der Waals surface area (Å²) in [6.45, 7) is 1.99. The van der Waals surface area contributed by atoms with Crippen molar-refractivity contribution in [3.8, 4) is 5.75 Å². The fraction of sp³-hybridized carbons (Fsp3) is 0.0714. The summed E-state index contributed by atoms with van der Waals surface area (Å²) in [4.78, 5) is 10.1. The lowest BCUT2D eigenvalue weighted by Crippen LogP contribution is -1.77. The molecular weight excluding hydrogens is 200 g/mol. The van der Waals surface area contributed by atoms with Gasteiger partial charge in [0.25, 0.3) is 0 Å². The highest BCUT2D eigenvalue weighted by Gasteiger charge is 1.85. The Morgan fingerprint density at radius 3 is 1.88 bits per heavy atom. The third-order valence-corrected chi connectivity index (χ3v) is 1.97. The summed E-state index contributed by atoms with van der Waals surface area (Å²) >= 11 is 0. The zero-order valence-electron chi connectivity index (χ0n) is 9.13. The van der Waals surface area contributed by atoms with E-state index in [2.05, 4.69) is 0 Å². The van der Waals surface area contributed by atoms with Crippen molar-refractivity contribution in [2.24, 2.45) is 0 Å². The number of rotatable bonds is 1. The molecule has 16 heavy (non-hydrogen) atoms. The van der Waals surface area contributed by atoms with Crippen LogP contribution in [0, 0.1) is 6.92 Å². The van der Waals surface area contributed by atoms with Crippen LogP contribution < -0.4 is 0 Å². The lowest BCUT2D eigenvalue weighted by atomic mass is 10.2. The number of para-hydroxylation sites is 1. The van der Waals surface area contributed by atoms with Gasteiger partial charge in [-0.15, -0.1) is 0 Å². The first-order chi connectivity index (χ1) is 7.72. The SMILES string of the molecule is Cc1ccc(C=O)cc1.Oc1ccccc1. The number of hydrogen-bond donors (Lipinski definition) is 1. The summed E-state index contributed by atoms with van der Waals surface area (Å²) in [6, 6.07) is 16.2. The molecule has 2 heteroatoms. The van der Waals surface area contributed by atoms with Crippen LogP contribution in [0.4, 0.5) is 0 Å². The maximum Gasteiger partial charge on any atom is 0.150 e. The van der Waals surface area contributed by atoms with Gasteiger partial charge in [0.1, 0.15) is 12.0 Å². The number of carbonyl (C=O) groups is 1. The smallest absolute Gasteiger partial charge is 0.150 e. The average Bonchev–Trinajstić information content (AvgIpc) is 2.32. The molecule has 1 N–H and O–H groups in total. The van der Waals surface area contributed by atoms with Crippen molar-refractivity contribution in [3.63, 3.8) is 0 Å². The van der Waals surface area contributed by atoms with Crippen molar-refractivity contribution in [2.75, 3.05) is 0 Å². The van der Waals surface area contributed by atoms with E-state index in [1.807, 2.05) is 37.3 Å². The summed E-state index contributed by atoms with van der Waals surface area (Å²) in [6.07, 6.45) is 0.847. The molecule has 0 saturated carbocycles. The molecule has 0 spiro atoms. The molecule has 2 aromatic carbocycles. The van der Waals surface area contributed by atoms with Gasteiger partial charge >= 0.3 is 0 Å². The van der Waals surface area contributed by atoms with Crippen LogP contribution >= 0.6 is 0 Å². The van der Waals surface area contributed by atoms with E-state index in [1.165, 1.54) is 5.56 Å². The third kappa shape index (κ3) is 4.42. The Hall–Kier alpha value is -2.09. The van der Waals surface area contributed by atoms with E-state index in [0.29, 0.717) is 5.75 Å². The largest absolute Gasteiger partial charge is 0.508 e. The lowest BCUT2D eigenvalue weighted by Gasteiger charge is -1.89. The first kappa shape index (κ1) is 12.0. The molecule has 82 valence electrons. The molecule has 2 aromatic rings. The molecule has 0 aliphatic carbocycles. The van der Waals surface area contributed by atoms with Crippen molar-refractivity contribution in [1.82, 2.24) is 0 Å². The fourth-order valence-electron chi connectivity index (χ4n) is 1.07. The van der Waals surface area contributed by atoms with E-state index in [4.69, 9.17) is 5.11 Å². The van der Waals surface area contributed by atoms with Crippen LogP contribution in [0.1, 0.15) is 15.9 Å². The number of phenolic OH excluding ortho intramolecular Hbond substituents is 1. The van der Waals surface area contributed by atoms with Crippen LogP contribution in [0.25, 0.3) is 0 Å². The molecule has 2 nitrogen and oxygen atoms in total. The topological polar surface area (TPSA) is 37.3 Å². The highest BCUT2D eigenvalue weighted by molar-refractivity contribution is 5.74. The molecule has 0 bridgehead atoms. The molecule has 0 radical (unpaired) electrons. The molecule has 0 atom stereocenters. The predicted octanol–water partition coefficient (Wildman–Crippen LogP) is 3.20. The first-order valence-electron chi connectivity index (χ1n) is 4.98. The molecule has 0 aliphatic rings. The summed E-state index contributed by atoms with van der Waals surface area (Å²) in [5.74, 6) is 0.322. The van der Waals surface area contributed by atoms with Gasteiger partial charge in [-0.2, -0.15) is 0 Å². The van der Waals surface area contributed by atoms with Crippen LogP contribution in [-0.2, 0) is 0 Å². The molecule has 0 aromatic heterocycles. The van der Waals surface area contributed by atoms with Crippen LogP contribution in [-0.4, -0.2) is 11.4 Å². The minimum atomic E-state index is 0.322. The summed E-state index contributed by atoms with van der Waals surface area (Å²) in [7, 11) is 0. The number of aromatic hydroxyl groups is 1. The van der Waals surface area contributed by atoms with E-state index >= 15 is 0 Å². The Labute approximate surface area is 95.2 Å². The van der Waals surface area contributed by atoms with Crippen molar-refractivity contribution in [3.05, 3.63) is 65.7 Å². The quantitative estimate of drug-likeness (QED) is 0.740. The summed E-state index contributed by atoms with van der Waals surface area (Å²) in [5, 5.41) is 8.63. The van der Waals surface area contributed by atoms with Crippen LogP contribution in [0.3, 0.4) is 0 Å². The predicted molar refractivity (Wildman–Crippen MR) is 64.7 cm³/mol. The van der Waals surface area contributed by atoms with Gasteiger partial charge in [-0.25, -0.2) is 0 Å². The van der Waals surface area contributed by atoms with E-state index in [0.717, 1.165) is 11.8 Å². The van der Waals surface area contributed by atoms with E-state index < -0.39 is 0 Å². The van der Waals surface area contributed by atoms with Gasteiger partial charge in [-0.1, -0.05) is 48.0 Å². The van der Waals surface area contributed by atoms with E-state index in [9.17, 15) is 4.79 Å². The van der Waals surface area contributed by atoms with Crippen molar-refractivity contribution < 1.29 is 9.90 Å². The van der Waals surface area contributed by atoms with Gasteiger partial charge in [-0.05, 0) is 19.1 Å². The standard InChI is InChI=1S/C8H8O.C6H6O/c1-7-2-4-8(6-9)5-3-7;7-6-4-2-1-3-5-6/h2-6H,1H3;1-5,7H.